The fraction of sp³-hybridized carbons (Fsp3) is 0.538. The van der Waals surface area contributed by atoms with Crippen molar-refractivity contribution < 1.29 is 0 Å². The summed E-state index contributed by atoms with van der Waals surface area (Å²) in [5.74, 6) is 1.34. The van der Waals surface area contributed by atoms with Crippen molar-refractivity contribution in [3.63, 3.8) is 0 Å². The molecule has 1 aliphatic rings. The molecule has 2 aromatic rings. The summed E-state index contributed by atoms with van der Waals surface area (Å²) >= 11 is 1.61. The monoisotopic (exact) mass is 277 g/mol. The first-order valence-corrected chi connectivity index (χ1v) is 7.32. The van der Waals surface area contributed by atoms with Crippen LogP contribution in [0.5, 0.6) is 0 Å². The highest BCUT2D eigenvalue weighted by Crippen LogP contribution is 2.31. The van der Waals surface area contributed by atoms with Crippen LogP contribution in [0.2, 0.25) is 0 Å². The van der Waals surface area contributed by atoms with Crippen molar-refractivity contribution >= 4 is 33.3 Å². The molecule has 0 aliphatic carbocycles. The normalized spacial score (nSPS) is 20.1. The van der Waals surface area contributed by atoms with Gasteiger partial charge in [0, 0.05) is 25.2 Å². The van der Waals surface area contributed by atoms with Crippen molar-refractivity contribution in [1.82, 2.24) is 14.9 Å². The molecule has 0 radical (unpaired) electrons. The smallest absolute Gasteiger partial charge is 0.223 e. The molecule has 2 aromatic heterocycles. The predicted octanol–water partition coefficient (Wildman–Crippen LogP) is 1.80. The molecule has 3 rings (SSSR count). The second kappa shape index (κ2) is 4.31. The van der Waals surface area contributed by atoms with E-state index in [9.17, 15) is 0 Å². The topological polar surface area (TPSA) is 58.3 Å². The molecule has 5 nitrogen and oxygen atoms in total. The molecule has 6 heteroatoms. The third-order valence-corrected chi connectivity index (χ3v) is 4.74. The van der Waals surface area contributed by atoms with Crippen molar-refractivity contribution in [2.24, 2.45) is 0 Å². The van der Waals surface area contributed by atoms with E-state index in [4.69, 9.17) is 5.73 Å². The van der Waals surface area contributed by atoms with Gasteiger partial charge in [-0.05, 0) is 32.3 Å². The average molecular weight is 277 g/mol. The van der Waals surface area contributed by atoms with Crippen molar-refractivity contribution in [2.45, 2.75) is 19.4 Å². The minimum Gasteiger partial charge on any atom is -0.368 e. The number of thiophene rings is 1. The molecule has 0 atom stereocenters. The van der Waals surface area contributed by atoms with Crippen LogP contribution >= 0.6 is 11.3 Å². The molecule has 0 unspecified atom stereocenters. The van der Waals surface area contributed by atoms with E-state index in [1.807, 2.05) is 5.38 Å². The zero-order valence-corrected chi connectivity index (χ0v) is 12.4. The molecule has 1 aliphatic heterocycles. The molecule has 3 heterocycles. The minimum absolute atomic E-state index is 0.139. The number of fused-ring (bicyclic) bond motifs is 1. The first-order chi connectivity index (χ1) is 8.97. The van der Waals surface area contributed by atoms with Crippen LogP contribution in [-0.2, 0) is 0 Å². The van der Waals surface area contributed by atoms with Crippen LogP contribution in [0.1, 0.15) is 13.8 Å². The van der Waals surface area contributed by atoms with Gasteiger partial charge in [0.05, 0.1) is 5.39 Å². The van der Waals surface area contributed by atoms with Gasteiger partial charge in [-0.25, -0.2) is 4.98 Å². The van der Waals surface area contributed by atoms with E-state index in [2.05, 4.69) is 46.7 Å². The van der Waals surface area contributed by atoms with E-state index in [1.54, 1.807) is 11.3 Å². The third kappa shape index (κ3) is 2.15. The molecule has 1 saturated heterocycles. The highest BCUT2D eigenvalue weighted by Gasteiger charge is 2.32. The molecular formula is C13H19N5S. The maximum absolute atomic E-state index is 5.83. The van der Waals surface area contributed by atoms with Gasteiger partial charge in [0.25, 0.3) is 0 Å². The van der Waals surface area contributed by atoms with Gasteiger partial charge in [-0.2, -0.15) is 4.98 Å². The molecule has 2 N–H and O–H groups in total. The number of anilines is 2. The summed E-state index contributed by atoms with van der Waals surface area (Å²) in [5, 5.41) is 3.16. The molecule has 0 spiro atoms. The average Bonchev–Trinajstić information content (AvgIpc) is 2.79. The lowest BCUT2D eigenvalue weighted by molar-refractivity contribution is 0.138. The van der Waals surface area contributed by atoms with Gasteiger partial charge in [-0.1, -0.05) is 0 Å². The number of aromatic nitrogens is 2. The fourth-order valence-electron chi connectivity index (χ4n) is 2.52. The quantitative estimate of drug-likeness (QED) is 0.861. The third-order valence-electron chi connectivity index (χ3n) is 3.94. The minimum atomic E-state index is 0.139. The van der Waals surface area contributed by atoms with Crippen LogP contribution in [0, 0.1) is 0 Å². The van der Waals surface area contributed by atoms with Crippen LogP contribution in [0.25, 0.3) is 10.2 Å². The molecular weight excluding hydrogens is 258 g/mol. The van der Waals surface area contributed by atoms with E-state index in [0.29, 0.717) is 5.95 Å². The van der Waals surface area contributed by atoms with Gasteiger partial charge in [-0.3, -0.25) is 4.90 Å². The summed E-state index contributed by atoms with van der Waals surface area (Å²) in [4.78, 5) is 14.4. The van der Waals surface area contributed by atoms with Crippen molar-refractivity contribution in [2.75, 3.05) is 37.3 Å². The summed E-state index contributed by atoms with van der Waals surface area (Å²) in [7, 11) is 2.17. The van der Waals surface area contributed by atoms with Gasteiger partial charge in [-0.15, -0.1) is 11.3 Å². The van der Waals surface area contributed by atoms with E-state index in [1.165, 1.54) is 0 Å². The van der Waals surface area contributed by atoms with Crippen molar-refractivity contribution in [3.8, 4) is 0 Å². The Morgan fingerprint density at radius 1 is 1.32 bits per heavy atom. The number of piperazine rings is 1. The zero-order valence-electron chi connectivity index (χ0n) is 11.6. The number of likely N-dealkylation sites (N-methyl/N-ethyl adjacent to an activating group) is 1. The Kier molecular flexibility index (Phi) is 2.87. The molecule has 102 valence electrons. The summed E-state index contributed by atoms with van der Waals surface area (Å²) in [6.45, 7) is 7.47. The maximum Gasteiger partial charge on any atom is 0.223 e. The molecule has 19 heavy (non-hydrogen) atoms. The Bertz CT molecular complexity index is 606. The Morgan fingerprint density at radius 3 is 2.84 bits per heavy atom. The lowest BCUT2D eigenvalue weighted by Crippen LogP contribution is -2.58. The molecule has 0 aromatic carbocycles. The second-order valence-electron chi connectivity index (χ2n) is 5.70. The molecule has 1 fully saturated rings. The van der Waals surface area contributed by atoms with Crippen LogP contribution < -0.4 is 10.6 Å². The largest absolute Gasteiger partial charge is 0.368 e. The molecule has 0 amide bonds. The summed E-state index contributed by atoms with van der Waals surface area (Å²) in [6, 6.07) is 2.08. The number of nitrogens with zero attached hydrogens (tertiary/aromatic N) is 4. The standard InChI is InChI=1S/C13H19N5S/c1-13(2)8-18(6-5-17(13)3)10-9-4-7-19-11(9)16-12(14)15-10/h4,7H,5-6,8H2,1-3H3,(H2,14,15,16). The van der Waals surface area contributed by atoms with Crippen molar-refractivity contribution in [1.29, 1.82) is 0 Å². The van der Waals surface area contributed by atoms with Gasteiger partial charge < -0.3 is 10.6 Å². The second-order valence-corrected chi connectivity index (χ2v) is 6.59. The fourth-order valence-corrected chi connectivity index (χ4v) is 3.28. The predicted molar refractivity (Wildman–Crippen MR) is 80.7 cm³/mol. The Hall–Kier alpha value is -1.40. The van der Waals surface area contributed by atoms with Gasteiger partial charge in [0.15, 0.2) is 0 Å². The van der Waals surface area contributed by atoms with E-state index < -0.39 is 0 Å². The zero-order chi connectivity index (χ0) is 13.6. The van der Waals surface area contributed by atoms with Crippen molar-refractivity contribution in [3.05, 3.63) is 11.4 Å². The van der Waals surface area contributed by atoms with E-state index in [0.717, 1.165) is 35.7 Å². The number of hydrogen-bond acceptors (Lipinski definition) is 6. The van der Waals surface area contributed by atoms with Crippen LogP contribution in [0.4, 0.5) is 11.8 Å². The number of nitrogens with two attached hydrogens (primary N) is 1. The Labute approximate surface area is 117 Å². The first kappa shape index (κ1) is 12.6. The summed E-state index contributed by atoms with van der Waals surface area (Å²) in [6.07, 6.45) is 0. The molecule has 0 saturated carbocycles. The highest BCUT2D eigenvalue weighted by molar-refractivity contribution is 7.16. The number of hydrogen-bond donors (Lipinski definition) is 1. The highest BCUT2D eigenvalue weighted by atomic mass is 32.1. The lowest BCUT2D eigenvalue weighted by atomic mass is 9.99. The van der Waals surface area contributed by atoms with E-state index >= 15 is 0 Å². The van der Waals surface area contributed by atoms with Crippen LogP contribution in [0.15, 0.2) is 11.4 Å². The van der Waals surface area contributed by atoms with E-state index in [-0.39, 0.29) is 5.54 Å². The SMILES string of the molecule is CN1CCN(c2nc(N)nc3sccc23)CC1(C)C. The number of nitrogen functional groups attached to an aromatic ring is 1. The van der Waals surface area contributed by atoms with Gasteiger partial charge in [0.2, 0.25) is 5.95 Å². The lowest BCUT2D eigenvalue weighted by Gasteiger charge is -2.45. The Morgan fingerprint density at radius 2 is 2.11 bits per heavy atom. The molecule has 0 bridgehead atoms. The number of rotatable bonds is 1. The van der Waals surface area contributed by atoms with Crippen LogP contribution in [-0.4, -0.2) is 47.1 Å². The maximum atomic E-state index is 5.83. The Balaban J connectivity index is 2.02. The van der Waals surface area contributed by atoms with Gasteiger partial charge in [0.1, 0.15) is 10.6 Å². The first-order valence-electron chi connectivity index (χ1n) is 6.44. The summed E-state index contributed by atoms with van der Waals surface area (Å²) < 4.78 is 0. The summed E-state index contributed by atoms with van der Waals surface area (Å²) in [5.41, 5.74) is 5.97. The van der Waals surface area contributed by atoms with Crippen LogP contribution in [0.3, 0.4) is 0 Å². The van der Waals surface area contributed by atoms with Gasteiger partial charge >= 0.3 is 0 Å².